The minimum Gasteiger partial charge on any atom is -0.166 e. The smallest absolute Gasteiger partial charge is 0.166 e. The minimum absolute atomic E-state index is 0.261. The Balaban J connectivity index is 2.41. The van der Waals surface area contributed by atoms with E-state index in [2.05, 4.69) is 31.9 Å². The highest BCUT2D eigenvalue weighted by molar-refractivity contribution is 9.12. The Morgan fingerprint density at radius 3 is 1.04 bits per heavy atom. The summed E-state index contributed by atoms with van der Waals surface area (Å²) in [5, 5.41) is 0.261. The predicted molar refractivity (Wildman–Crippen MR) is 86.4 cm³/mol. The summed E-state index contributed by atoms with van der Waals surface area (Å²) in [6.07, 6.45) is -8.90. The quantitative estimate of drug-likeness (QED) is 0.340. The Bertz CT molecular complexity index is 629. The number of hydrogen-bond donors (Lipinski definition) is 0. The number of halogens is 8. The van der Waals surface area contributed by atoms with Crippen molar-refractivity contribution in [1.29, 1.82) is 0 Å². The van der Waals surface area contributed by atoms with Crippen molar-refractivity contribution >= 4 is 31.9 Å². The van der Waals surface area contributed by atoms with Crippen LogP contribution in [-0.4, -0.2) is 5.33 Å². The lowest BCUT2D eigenvalue weighted by Crippen LogP contribution is -2.22. The number of benzene rings is 2. The molecule has 0 saturated heterocycles. The molecule has 0 bridgehead atoms. The molecule has 0 aromatic heterocycles. The summed E-state index contributed by atoms with van der Waals surface area (Å²) in [7, 11) is 0. The lowest BCUT2D eigenvalue weighted by Gasteiger charge is -2.27. The first-order valence-electron chi connectivity index (χ1n) is 6.59. The zero-order valence-corrected chi connectivity index (χ0v) is 15.0. The molecule has 0 aliphatic heterocycles. The molecule has 0 unspecified atom stereocenters. The molecule has 0 fully saturated rings. The van der Waals surface area contributed by atoms with Gasteiger partial charge in [0.15, 0.2) is 0 Å². The fourth-order valence-corrected chi connectivity index (χ4v) is 3.34. The van der Waals surface area contributed by atoms with Crippen molar-refractivity contribution in [2.24, 2.45) is 0 Å². The third kappa shape index (κ3) is 3.96. The first-order valence-corrected chi connectivity index (χ1v) is 8.50. The Morgan fingerprint density at radius 1 is 0.583 bits per heavy atom. The Morgan fingerprint density at radius 2 is 0.833 bits per heavy atom. The normalized spacial score (nSPS) is 13.2. The van der Waals surface area contributed by atoms with E-state index in [1.807, 2.05) is 0 Å². The van der Waals surface area contributed by atoms with Gasteiger partial charge in [-0.3, -0.25) is 0 Å². The largest absolute Gasteiger partial charge is 0.416 e. The van der Waals surface area contributed by atoms with Gasteiger partial charge in [-0.05, 0) is 35.4 Å². The van der Waals surface area contributed by atoms with Gasteiger partial charge in [0.2, 0.25) is 0 Å². The van der Waals surface area contributed by atoms with Gasteiger partial charge in [-0.1, -0.05) is 56.1 Å². The van der Waals surface area contributed by atoms with Crippen molar-refractivity contribution in [1.82, 2.24) is 0 Å². The van der Waals surface area contributed by atoms with E-state index in [4.69, 9.17) is 0 Å². The third-order valence-corrected chi connectivity index (χ3v) is 6.31. The van der Waals surface area contributed by atoms with Gasteiger partial charge in [-0.25, -0.2) is 0 Å². The van der Waals surface area contributed by atoms with E-state index < -0.39 is 27.8 Å². The predicted octanol–water partition coefficient (Wildman–Crippen LogP) is 6.76. The molecule has 0 heterocycles. The van der Waals surface area contributed by atoms with Gasteiger partial charge in [0.1, 0.15) is 0 Å². The molecule has 2 aromatic carbocycles. The second kappa shape index (κ2) is 6.71. The van der Waals surface area contributed by atoms with Gasteiger partial charge in [0, 0.05) is 5.33 Å². The summed E-state index contributed by atoms with van der Waals surface area (Å²) >= 11 is 6.71. The standard InChI is InChI=1S/C16H10Br2F6/c17-9-14(18,10-1-5-12(6-2-10)15(19,20)21)11-3-7-13(8-4-11)16(22,23)24/h1-8H,9H2. The first kappa shape index (κ1) is 19.3. The highest BCUT2D eigenvalue weighted by atomic mass is 79.9. The fraction of sp³-hybridized carbons (Fsp3) is 0.250. The molecule has 0 atom stereocenters. The topological polar surface area (TPSA) is 0 Å². The Kier molecular flexibility index (Phi) is 5.40. The summed E-state index contributed by atoms with van der Waals surface area (Å²) in [5.74, 6) is 0. The van der Waals surface area contributed by atoms with E-state index in [1.54, 1.807) is 0 Å². The molecule has 0 nitrogen and oxygen atoms in total. The van der Waals surface area contributed by atoms with Crippen molar-refractivity contribution < 1.29 is 26.3 Å². The van der Waals surface area contributed by atoms with Crippen molar-refractivity contribution in [3.8, 4) is 0 Å². The van der Waals surface area contributed by atoms with E-state index in [1.165, 1.54) is 24.3 Å². The molecular formula is C16H10Br2F6. The highest BCUT2D eigenvalue weighted by Crippen LogP contribution is 2.42. The molecule has 0 radical (unpaired) electrons. The van der Waals surface area contributed by atoms with Crippen LogP contribution in [0.3, 0.4) is 0 Å². The summed E-state index contributed by atoms with van der Waals surface area (Å²) in [5.41, 5.74) is -0.592. The number of hydrogen-bond acceptors (Lipinski definition) is 0. The van der Waals surface area contributed by atoms with Crippen LogP contribution in [0.1, 0.15) is 22.3 Å². The number of rotatable bonds is 3. The van der Waals surface area contributed by atoms with E-state index in [-0.39, 0.29) is 5.33 Å². The van der Waals surface area contributed by atoms with Gasteiger partial charge >= 0.3 is 12.4 Å². The average Bonchev–Trinajstić information content (AvgIpc) is 2.53. The molecule has 0 aliphatic carbocycles. The molecule has 2 rings (SSSR count). The summed E-state index contributed by atoms with van der Waals surface area (Å²) < 4.78 is 75.0. The maximum Gasteiger partial charge on any atom is 0.416 e. The second-order valence-electron chi connectivity index (χ2n) is 5.09. The zero-order chi connectivity index (χ0) is 18.2. The summed E-state index contributed by atoms with van der Waals surface area (Å²) in [6.45, 7) is 0. The molecule has 0 aliphatic rings. The van der Waals surface area contributed by atoms with Crippen molar-refractivity contribution in [2.75, 3.05) is 5.33 Å². The maximum atomic E-state index is 12.6. The lowest BCUT2D eigenvalue weighted by molar-refractivity contribution is -0.138. The Labute approximate surface area is 151 Å². The Hall–Kier alpha value is -1.02. The van der Waals surface area contributed by atoms with Crippen LogP contribution in [0.2, 0.25) is 0 Å². The van der Waals surface area contributed by atoms with Crippen LogP contribution in [0.5, 0.6) is 0 Å². The molecule has 2 aromatic rings. The van der Waals surface area contributed by atoms with Crippen LogP contribution in [0.25, 0.3) is 0 Å². The summed E-state index contributed by atoms with van der Waals surface area (Å²) in [6, 6.07) is 8.98. The van der Waals surface area contributed by atoms with E-state index in [0.29, 0.717) is 11.1 Å². The molecule has 8 heteroatoms. The van der Waals surface area contributed by atoms with E-state index in [9.17, 15) is 26.3 Å². The van der Waals surface area contributed by atoms with Gasteiger partial charge in [0.05, 0.1) is 15.5 Å². The molecule has 0 saturated carbocycles. The fourth-order valence-electron chi connectivity index (χ4n) is 2.17. The van der Waals surface area contributed by atoms with Crippen molar-refractivity contribution in [2.45, 2.75) is 16.7 Å². The average molecular weight is 476 g/mol. The van der Waals surface area contributed by atoms with Crippen LogP contribution in [-0.2, 0) is 16.7 Å². The van der Waals surface area contributed by atoms with Crippen LogP contribution < -0.4 is 0 Å². The van der Waals surface area contributed by atoms with Crippen molar-refractivity contribution in [3.05, 3.63) is 70.8 Å². The highest BCUT2D eigenvalue weighted by Gasteiger charge is 2.35. The van der Waals surface area contributed by atoms with E-state index in [0.717, 1.165) is 24.3 Å². The van der Waals surface area contributed by atoms with Gasteiger partial charge in [-0.2, -0.15) is 26.3 Å². The van der Waals surface area contributed by atoms with E-state index >= 15 is 0 Å². The molecule has 0 amide bonds. The minimum atomic E-state index is -4.45. The van der Waals surface area contributed by atoms with Crippen LogP contribution >= 0.6 is 31.9 Å². The SMILES string of the molecule is FC(F)(F)c1ccc(C(Br)(CBr)c2ccc(C(F)(F)F)cc2)cc1. The van der Waals surface area contributed by atoms with Gasteiger partial charge in [0.25, 0.3) is 0 Å². The summed E-state index contributed by atoms with van der Waals surface area (Å²) in [4.78, 5) is 0. The maximum absolute atomic E-state index is 12.6. The molecule has 24 heavy (non-hydrogen) atoms. The monoisotopic (exact) mass is 474 g/mol. The van der Waals surface area contributed by atoms with Crippen molar-refractivity contribution in [3.63, 3.8) is 0 Å². The van der Waals surface area contributed by atoms with Crippen LogP contribution in [0.15, 0.2) is 48.5 Å². The second-order valence-corrected chi connectivity index (χ2v) is 7.00. The molecule has 0 N–H and O–H groups in total. The molecule has 130 valence electrons. The first-order chi connectivity index (χ1) is 11.0. The number of alkyl halides is 8. The molecule has 0 spiro atoms. The van der Waals surface area contributed by atoms with Crippen LogP contribution in [0.4, 0.5) is 26.3 Å². The van der Waals surface area contributed by atoms with Crippen LogP contribution in [0, 0.1) is 0 Å². The lowest BCUT2D eigenvalue weighted by atomic mass is 9.91. The zero-order valence-electron chi connectivity index (χ0n) is 11.8. The van der Waals surface area contributed by atoms with Gasteiger partial charge < -0.3 is 0 Å². The van der Waals surface area contributed by atoms with Gasteiger partial charge in [-0.15, -0.1) is 0 Å². The molecular weight excluding hydrogens is 466 g/mol. The third-order valence-electron chi connectivity index (χ3n) is 3.52.